The summed E-state index contributed by atoms with van der Waals surface area (Å²) in [6, 6.07) is -0.952. The van der Waals surface area contributed by atoms with E-state index in [2.05, 4.69) is 5.32 Å². The minimum absolute atomic E-state index is 0.217. The number of aliphatic hydroxyl groups is 3. The smallest absolute Gasteiger partial charge is 0.217 e. The first-order chi connectivity index (χ1) is 10.4. The van der Waals surface area contributed by atoms with Gasteiger partial charge in [0.25, 0.3) is 0 Å². The summed E-state index contributed by atoms with van der Waals surface area (Å²) in [5, 5.41) is 31.5. The number of hydrogen-bond donors (Lipinski definition) is 5. The van der Waals surface area contributed by atoms with Crippen LogP contribution in [0.4, 0.5) is 0 Å². The number of carbonyl (C=O) groups is 2. The number of carbonyl (C=O) groups excluding carboxylic acids is 2. The summed E-state index contributed by atoms with van der Waals surface area (Å²) in [6.45, 7) is 0.989. The maximum atomic E-state index is 11.2. The Morgan fingerprint density at radius 2 is 1.95 bits per heavy atom. The van der Waals surface area contributed by atoms with Crippen molar-refractivity contribution in [1.29, 1.82) is 0 Å². The monoisotopic (exact) mass is 320 g/mol. The first-order valence-electron chi connectivity index (χ1n) is 7.16. The second-order valence-corrected chi connectivity index (χ2v) is 5.23. The quantitative estimate of drug-likeness (QED) is 0.313. The van der Waals surface area contributed by atoms with Gasteiger partial charge in [0.05, 0.1) is 6.61 Å². The maximum absolute atomic E-state index is 11.2. The van der Waals surface area contributed by atoms with Gasteiger partial charge in [0.1, 0.15) is 24.4 Å². The van der Waals surface area contributed by atoms with E-state index in [0.717, 1.165) is 0 Å². The molecule has 9 nitrogen and oxygen atoms in total. The SMILES string of the molecule is CC(=O)NC1C(OCCCCC(N)=O)OC(CO)C(O)C1O. The van der Waals surface area contributed by atoms with Crippen molar-refractivity contribution in [2.45, 2.75) is 56.8 Å². The number of nitrogens with two attached hydrogens (primary N) is 1. The molecular weight excluding hydrogens is 296 g/mol. The third-order valence-electron chi connectivity index (χ3n) is 3.35. The predicted octanol–water partition coefficient (Wildman–Crippen LogP) is -2.40. The van der Waals surface area contributed by atoms with Gasteiger partial charge in [0.2, 0.25) is 11.8 Å². The van der Waals surface area contributed by atoms with Crippen molar-refractivity contribution in [3.63, 3.8) is 0 Å². The molecule has 1 rings (SSSR count). The van der Waals surface area contributed by atoms with Crippen LogP contribution in [0.5, 0.6) is 0 Å². The van der Waals surface area contributed by atoms with E-state index in [4.69, 9.17) is 20.3 Å². The highest BCUT2D eigenvalue weighted by molar-refractivity contribution is 5.73. The summed E-state index contributed by atoms with van der Waals surface area (Å²) >= 11 is 0. The number of nitrogens with one attached hydrogen (secondary N) is 1. The molecule has 0 aliphatic carbocycles. The zero-order valence-corrected chi connectivity index (χ0v) is 12.5. The van der Waals surface area contributed by atoms with Crippen molar-refractivity contribution in [3.05, 3.63) is 0 Å². The lowest BCUT2D eigenvalue weighted by Crippen LogP contribution is -2.64. The number of ether oxygens (including phenoxy) is 2. The van der Waals surface area contributed by atoms with E-state index in [1.807, 2.05) is 0 Å². The molecule has 0 radical (unpaired) electrons. The Bertz CT molecular complexity index is 379. The molecule has 22 heavy (non-hydrogen) atoms. The highest BCUT2D eigenvalue weighted by atomic mass is 16.7. The molecule has 9 heteroatoms. The van der Waals surface area contributed by atoms with Crippen molar-refractivity contribution < 1.29 is 34.4 Å². The van der Waals surface area contributed by atoms with Crippen LogP contribution in [0.15, 0.2) is 0 Å². The van der Waals surface area contributed by atoms with Crippen molar-refractivity contribution in [3.8, 4) is 0 Å². The van der Waals surface area contributed by atoms with Crippen LogP contribution in [0.3, 0.4) is 0 Å². The molecule has 0 saturated carbocycles. The Morgan fingerprint density at radius 3 is 2.50 bits per heavy atom. The van der Waals surface area contributed by atoms with Crippen LogP contribution in [-0.4, -0.2) is 71.0 Å². The predicted molar refractivity (Wildman–Crippen MR) is 74.4 cm³/mol. The van der Waals surface area contributed by atoms with Crippen LogP contribution in [-0.2, 0) is 19.1 Å². The maximum Gasteiger partial charge on any atom is 0.217 e. The average Bonchev–Trinajstić information content (AvgIpc) is 2.45. The van der Waals surface area contributed by atoms with Gasteiger partial charge in [-0.3, -0.25) is 9.59 Å². The molecule has 0 spiro atoms. The fraction of sp³-hybridized carbons (Fsp3) is 0.846. The lowest BCUT2D eigenvalue weighted by molar-refractivity contribution is -0.270. The van der Waals surface area contributed by atoms with Gasteiger partial charge in [-0.05, 0) is 12.8 Å². The molecule has 2 amide bonds. The van der Waals surface area contributed by atoms with Gasteiger partial charge in [-0.2, -0.15) is 0 Å². The van der Waals surface area contributed by atoms with Crippen LogP contribution >= 0.6 is 0 Å². The number of amides is 2. The van der Waals surface area contributed by atoms with Crippen LogP contribution in [0.1, 0.15) is 26.2 Å². The van der Waals surface area contributed by atoms with E-state index in [1.165, 1.54) is 6.92 Å². The van der Waals surface area contributed by atoms with Crippen molar-refractivity contribution in [2.24, 2.45) is 5.73 Å². The molecule has 0 aromatic heterocycles. The normalized spacial score (nSPS) is 31.7. The summed E-state index contributed by atoms with van der Waals surface area (Å²) in [5.74, 6) is -0.812. The minimum atomic E-state index is -1.34. The fourth-order valence-electron chi connectivity index (χ4n) is 2.21. The molecule has 128 valence electrons. The molecule has 6 N–H and O–H groups in total. The summed E-state index contributed by atoms with van der Waals surface area (Å²) in [6.07, 6.45) is -3.35. The largest absolute Gasteiger partial charge is 0.394 e. The Hall–Kier alpha value is -1.26. The standard InChI is InChI=1S/C13H24N2O7/c1-7(17)15-10-12(20)11(19)8(6-16)22-13(10)21-5-3-2-4-9(14)18/h8,10-13,16,19-20H,2-6H2,1H3,(H2,14,18)(H,15,17). The molecule has 1 heterocycles. The average molecular weight is 320 g/mol. The minimum Gasteiger partial charge on any atom is -0.394 e. The first-order valence-corrected chi connectivity index (χ1v) is 7.16. The van der Waals surface area contributed by atoms with E-state index < -0.39 is 49.1 Å². The molecular formula is C13H24N2O7. The topological polar surface area (TPSA) is 151 Å². The molecule has 1 aliphatic heterocycles. The van der Waals surface area contributed by atoms with Crippen LogP contribution in [0, 0.1) is 0 Å². The summed E-state index contributed by atoms with van der Waals surface area (Å²) < 4.78 is 10.8. The van der Waals surface area contributed by atoms with Gasteiger partial charge < -0.3 is 35.8 Å². The second-order valence-electron chi connectivity index (χ2n) is 5.23. The summed E-state index contributed by atoms with van der Waals surface area (Å²) in [4.78, 5) is 21.8. The molecule has 1 fully saturated rings. The Morgan fingerprint density at radius 1 is 1.27 bits per heavy atom. The molecule has 1 saturated heterocycles. The highest BCUT2D eigenvalue weighted by Gasteiger charge is 2.45. The summed E-state index contributed by atoms with van der Waals surface area (Å²) in [5.41, 5.74) is 5.02. The molecule has 0 aromatic rings. The van der Waals surface area contributed by atoms with Crippen molar-refractivity contribution in [1.82, 2.24) is 5.32 Å². The van der Waals surface area contributed by atoms with Crippen LogP contribution < -0.4 is 11.1 Å². The number of primary amides is 1. The third-order valence-corrected chi connectivity index (χ3v) is 3.35. The number of hydrogen-bond acceptors (Lipinski definition) is 7. The lowest BCUT2D eigenvalue weighted by Gasteiger charge is -2.42. The lowest BCUT2D eigenvalue weighted by atomic mass is 9.97. The van der Waals surface area contributed by atoms with Gasteiger partial charge >= 0.3 is 0 Å². The first kappa shape index (κ1) is 18.8. The summed E-state index contributed by atoms with van der Waals surface area (Å²) in [7, 11) is 0. The molecule has 5 unspecified atom stereocenters. The van der Waals surface area contributed by atoms with Gasteiger partial charge in [-0.1, -0.05) is 0 Å². The fourth-order valence-corrected chi connectivity index (χ4v) is 2.21. The molecule has 5 atom stereocenters. The van der Waals surface area contributed by atoms with E-state index in [1.54, 1.807) is 0 Å². The number of rotatable bonds is 8. The second kappa shape index (κ2) is 9.01. The Labute approximate surface area is 128 Å². The molecule has 0 aromatic carbocycles. The number of unbranched alkanes of at least 4 members (excludes halogenated alkanes) is 1. The van der Waals surface area contributed by atoms with Crippen LogP contribution in [0.25, 0.3) is 0 Å². The zero-order valence-electron chi connectivity index (χ0n) is 12.5. The van der Waals surface area contributed by atoms with Gasteiger partial charge in [0, 0.05) is 20.0 Å². The highest BCUT2D eigenvalue weighted by Crippen LogP contribution is 2.22. The van der Waals surface area contributed by atoms with E-state index in [9.17, 15) is 19.8 Å². The van der Waals surface area contributed by atoms with Gasteiger partial charge in [-0.25, -0.2) is 0 Å². The van der Waals surface area contributed by atoms with E-state index in [-0.39, 0.29) is 13.0 Å². The van der Waals surface area contributed by atoms with Gasteiger partial charge in [-0.15, -0.1) is 0 Å². The molecule has 1 aliphatic rings. The zero-order chi connectivity index (χ0) is 16.7. The third kappa shape index (κ3) is 5.50. The Kier molecular flexibility index (Phi) is 7.69. The number of aliphatic hydroxyl groups excluding tert-OH is 3. The van der Waals surface area contributed by atoms with E-state index in [0.29, 0.717) is 12.8 Å². The molecule has 0 bridgehead atoms. The van der Waals surface area contributed by atoms with E-state index >= 15 is 0 Å². The van der Waals surface area contributed by atoms with Gasteiger partial charge in [0.15, 0.2) is 6.29 Å². The van der Waals surface area contributed by atoms with Crippen molar-refractivity contribution >= 4 is 11.8 Å². The van der Waals surface area contributed by atoms with Crippen LogP contribution in [0.2, 0.25) is 0 Å². The Balaban J connectivity index is 2.57. The van der Waals surface area contributed by atoms with Crippen molar-refractivity contribution in [2.75, 3.05) is 13.2 Å².